The number of hydrogen-bond donors (Lipinski definition) is 1. The van der Waals surface area contributed by atoms with Gasteiger partial charge in [0.15, 0.2) is 0 Å². The number of imidazole rings is 1. The maximum Gasteiger partial charge on any atom is 0.254 e. The largest absolute Gasteiger partial charge is 0.497 e. The maximum absolute atomic E-state index is 12.9. The zero-order valence-electron chi connectivity index (χ0n) is 16.2. The van der Waals surface area contributed by atoms with Crippen molar-refractivity contribution in [3.8, 4) is 17.1 Å². The van der Waals surface area contributed by atoms with E-state index in [9.17, 15) is 9.59 Å². The number of carbonyl (C=O) groups excluding carboxylic acids is 2. The normalized spacial score (nSPS) is 14.0. The molecule has 1 N–H and O–H groups in total. The van der Waals surface area contributed by atoms with Crippen molar-refractivity contribution in [3.63, 3.8) is 0 Å². The van der Waals surface area contributed by atoms with E-state index >= 15 is 0 Å². The predicted molar refractivity (Wildman–Crippen MR) is 109 cm³/mol. The monoisotopic (exact) mass is 390 g/mol. The lowest BCUT2D eigenvalue weighted by molar-refractivity contribution is 0.0535. The Morgan fingerprint density at radius 1 is 0.931 bits per heavy atom. The summed E-state index contributed by atoms with van der Waals surface area (Å²) in [4.78, 5) is 36.5. The van der Waals surface area contributed by atoms with Gasteiger partial charge < -0.3 is 19.5 Å². The minimum Gasteiger partial charge on any atom is -0.497 e. The Kier molecular flexibility index (Phi) is 5.29. The van der Waals surface area contributed by atoms with Crippen LogP contribution >= 0.6 is 0 Å². The second kappa shape index (κ2) is 8.18. The number of ether oxygens (including phenoxy) is 1. The summed E-state index contributed by atoms with van der Waals surface area (Å²) in [7, 11) is 1.58. The number of piperazine rings is 1. The molecule has 1 saturated heterocycles. The van der Waals surface area contributed by atoms with Crippen LogP contribution in [0.3, 0.4) is 0 Å². The van der Waals surface area contributed by atoms with Crippen molar-refractivity contribution < 1.29 is 14.3 Å². The fourth-order valence-corrected chi connectivity index (χ4v) is 3.46. The van der Waals surface area contributed by atoms with Gasteiger partial charge in [0.05, 0.1) is 7.11 Å². The molecule has 0 radical (unpaired) electrons. The molecule has 148 valence electrons. The third kappa shape index (κ3) is 3.99. The Morgan fingerprint density at radius 3 is 2.14 bits per heavy atom. The standard InChI is InChI=1S/C22H22N4O3/c1-29-19-7-3-6-18(15-19)22(28)26-12-10-25(11-13-26)21(27)17-5-2-4-16(14-17)20-23-8-9-24-20/h2-9,14-15H,10-13H2,1H3,(H,23,24). The van der Waals surface area contributed by atoms with Gasteiger partial charge in [-0.1, -0.05) is 18.2 Å². The van der Waals surface area contributed by atoms with Crippen LogP contribution in [0, 0.1) is 0 Å². The summed E-state index contributed by atoms with van der Waals surface area (Å²) in [5.41, 5.74) is 2.08. The lowest BCUT2D eigenvalue weighted by atomic mass is 10.1. The van der Waals surface area contributed by atoms with Crippen molar-refractivity contribution in [1.82, 2.24) is 19.8 Å². The first-order valence-electron chi connectivity index (χ1n) is 9.48. The Bertz CT molecular complexity index is 1010. The molecule has 29 heavy (non-hydrogen) atoms. The number of hydrogen-bond acceptors (Lipinski definition) is 4. The third-order valence-electron chi connectivity index (χ3n) is 5.05. The van der Waals surface area contributed by atoms with Crippen LogP contribution in [0.4, 0.5) is 0 Å². The average molecular weight is 390 g/mol. The lowest BCUT2D eigenvalue weighted by Gasteiger charge is -2.35. The van der Waals surface area contributed by atoms with Gasteiger partial charge in [0.2, 0.25) is 0 Å². The third-order valence-corrected chi connectivity index (χ3v) is 5.05. The quantitative estimate of drug-likeness (QED) is 0.743. The molecule has 2 heterocycles. The molecule has 0 spiro atoms. The summed E-state index contributed by atoms with van der Waals surface area (Å²) in [5, 5.41) is 0. The Hall–Kier alpha value is -3.61. The van der Waals surface area contributed by atoms with Crippen molar-refractivity contribution in [2.24, 2.45) is 0 Å². The van der Waals surface area contributed by atoms with Gasteiger partial charge in [-0.3, -0.25) is 9.59 Å². The summed E-state index contributed by atoms with van der Waals surface area (Å²) >= 11 is 0. The first-order chi connectivity index (χ1) is 14.2. The first-order valence-corrected chi connectivity index (χ1v) is 9.48. The molecular formula is C22H22N4O3. The molecule has 7 nitrogen and oxygen atoms in total. The van der Waals surface area contributed by atoms with E-state index in [1.54, 1.807) is 47.5 Å². The van der Waals surface area contributed by atoms with Crippen molar-refractivity contribution in [3.05, 3.63) is 72.1 Å². The topological polar surface area (TPSA) is 78.5 Å². The number of aromatic amines is 1. The van der Waals surface area contributed by atoms with Crippen LogP contribution in [0.15, 0.2) is 60.9 Å². The molecule has 2 aromatic carbocycles. The van der Waals surface area contributed by atoms with E-state index < -0.39 is 0 Å². The van der Waals surface area contributed by atoms with Gasteiger partial charge in [-0.2, -0.15) is 0 Å². The number of methoxy groups -OCH3 is 1. The van der Waals surface area contributed by atoms with Crippen molar-refractivity contribution in [2.75, 3.05) is 33.3 Å². The molecular weight excluding hydrogens is 368 g/mol. The number of aromatic nitrogens is 2. The van der Waals surface area contributed by atoms with Crippen LogP contribution in [-0.4, -0.2) is 64.9 Å². The molecule has 0 bridgehead atoms. The smallest absolute Gasteiger partial charge is 0.254 e. The number of nitrogens with zero attached hydrogens (tertiary/aromatic N) is 3. The van der Waals surface area contributed by atoms with Crippen LogP contribution in [0.2, 0.25) is 0 Å². The Labute approximate surface area is 168 Å². The fraction of sp³-hybridized carbons (Fsp3) is 0.227. The van der Waals surface area contributed by atoms with Gasteiger partial charge in [-0.15, -0.1) is 0 Å². The number of benzene rings is 2. The van der Waals surface area contributed by atoms with E-state index in [1.807, 2.05) is 30.3 Å². The SMILES string of the molecule is COc1cccc(C(=O)N2CCN(C(=O)c3cccc(-c4ncc[nH]4)c3)CC2)c1. The number of amides is 2. The number of rotatable bonds is 4. The molecule has 1 aliphatic rings. The van der Waals surface area contributed by atoms with E-state index in [0.29, 0.717) is 43.1 Å². The zero-order chi connectivity index (χ0) is 20.2. The average Bonchev–Trinajstić information content (AvgIpc) is 3.33. The van der Waals surface area contributed by atoms with Gasteiger partial charge in [-0.05, 0) is 30.3 Å². The maximum atomic E-state index is 12.9. The van der Waals surface area contributed by atoms with Gasteiger partial charge in [0, 0.05) is 55.3 Å². The highest BCUT2D eigenvalue weighted by Gasteiger charge is 2.26. The van der Waals surface area contributed by atoms with E-state index in [1.165, 1.54) is 0 Å². The van der Waals surface area contributed by atoms with Gasteiger partial charge in [0.1, 0.15) is 11.6 Å². The van der Waals surface area contributed by atoms with Gasteiger partial charge in [-0.25, -0.2) is 4.98 Å². The Balaban J connectivity index is 1.41. The minimum absolute atomic E-state index is 0.0353. The second-order valence-corrected chi connectivity index (χ2v) is 6.83. The highest BCUT2D eigenvalue weighted by Crippen LogP contribution is 2.19. The molecule has 7 heteroatoms. The number of H-pyrrole nitrogens is 1. The Morgan fingerprint density at radius 2 is 1.55 bits per heavy atom. The first kappa shape index (κ1) is 18.7. The summed E-state index contributed by atoms with van der Waals surface area (Å²) in [6.45, 7) is 2.00. The predicted octanol–water partition coefficient (Wildman–Crippen LogP) is 2.68. The summed E-state index contributed by atoms with van der Waals surface area (Å²) in [6.07, 6.45) is 3.44. The zero-order valence-corrected chi connectivity index (χ0v) is 16.2. The van der Waals surface area contributed by atoms with E-state index in [0.717, 1.165) is 11.4 Å². The van der Waals surface area contributed by atoms with Crippen molar-refractivity contribution >= 4 is 11.8 Å². The minimum atomic E-state index is -0.0455. The van der Waals surface area contributed by atoms with Crippen molar-refractivity contribution in [1.29, 1.82) is 0 Å². The molecule has 0 unspecified atom stereocenters. The second-order valence-electron chi connectivity index (χ2n) is 6.83. The van der Waals surface area contributed by atoms with Gasteiger partial charge in [0.25, 0.3) is 11.8 Å². The molecule has 2 amide bonds. The molecule has 0 atom stereocenters. The fourth-order valence-electron chi connectivity index (χ4n) is 3.46. The van der Waals surface area contributed by atoms with Crippen LogP contribution in [-0.2, 0) is 0 Å². The number of carbonyl (C=O) groups is 2. The highest BCUT2D eigenvalue weighted by atomic mass is 16.5. The molecule has 1 aliphatic heterocycles. The van der Waals surface area contributed by atoms with E-state index in [4.69, 9.17) is 4.74 Å². The summed E-state index contributed by atoms with van der Waals surface area (Å²) < 4.78 is 5.20. The molecule has 4 rings (SSSR count). The van der Waals surface area contributed by atoms with Gasteiger partial charge >= 0.3 is 0 Å². The molecule has 0 aliphatic carbocycles. The molecule has 1 fully saturated rings. The van der Waals surface area contributed by atoms with Crippen molar-refractivity contribution in [2.45, 2.75) is 0 Å². The molecule has 1 aromatic heterocycles. The van der Waals surface area contributed by atoms with Crippen LogP contribution in [0.25, 0.3) is 11.4 Å². The molecule has 3 aromatic rings. The van der Waals surface area contributed by atoms with Crippen LogP contribution in [0.5, 0.6) is 5.75 Å². The summed E-state index contributed by atoms with van der Waals surface area (Å²) in [6, 6.07) is 14.6. The number of nitrogens with one attached hydrogen (secondary N) is 1. The van der Waals surface area contributed by atoms with Crippen LogP contribution < -0.4 is 4.74 Å². The lowest BCUT2D eigenvalue weighted by Crippen LogP contribution is -2.50. The van der Waals surface area contributed by atoms with Crippen LogP contribution in [0.1, 0.15) is 20.7 Å². The van der Waals surface area contributed by atoms with E-state index in [2.05, 4.69) is 9.97 Å². The van der Waals surface area contributed by atoms with E-state index in [-0.39, 0.29) is 11.8 Å². The summed E-state index contributed by atoms with van der Waals surface area (Å²) in [5.74, 6) is 1.30. The highest BCUT2D eigenvalue weighted by molar-refractivity contribution is 5.96. The molecule has 0 saturated carbocycles.